The van der Waals surface area contributed by atoms with Gasteiger partial charge in [0, 0.05) is 6.20 Å². The molecule has 0 unspecified atom stereocenters. The Kier molecular flexibility index (Phi) is 3.50. The summed E-state index contributed by atoms with van der Waals surface area (Å²) in [6.45, 7) is 0. The molecule has 0 saturated carbocycles. The van der Waals surface area contributed by atoms with E-state index < -0.39 is 0 Å². The molecule has 2 aromatic rings. The van der Waals surface area contributed by atoms with Gasteiger partial charge in [0.15, 0.2) is 5.16 Å². The first-order valence-electron chi connectivity index (χ1n) is 4.53. The number of rotatable bonds is 4. The number of H-pyrrole nitrogens is 1. The maximum absolute atomic E-state index is 11.5. The Balaban J connectivity index is 1.81. The van der Waals surface area contributed by atoms with Crippen LogP contribution in [0.15, 0.2) is 35.9 Å². The number of nitrogens with zero attached hydrogens (tertiary/aromatic N) is 3. The van der Waals surface area contributed by atoms with Gasteiger partial charge in [-0.3, -0.25) is 9.89 Å². The van der Waals surface area contributed by atoms with Crippen LogP contribution in [0.25, 0.3) is 0 Å². The summed E-state index contributed by atoms with van der Waals surface area (Å²) in [5, 5.41) is 9.64. The predicted molar refractivity (Wildman–Crippen MR) is 60.0 cm³/mol. The largest absolute Gasteiger partial charge is 0.310 e. The quantitative estimate of drug-likeness (QED) is 0.770. The number of hydrogen-bond acceptors (Lipinski definition) is 5. The van der Waals surface area contributed by atoms with E-state index in [1.54, 1.807) is 18.3 Å². The van der Waals surface area contributed by atoms with Crippen LogP contribution in [-0.4, -0.2) is 31.8 Å². The maximum Gasteiger partial charge on any atom is 0.236 e. The lowest BCUT2D eigenvalue weighted by Crippen LogP contribution is -2.14. The highest BCUT2D eigenvalue weighted by molar-refractivity contribution is 7.99. The summed E-state index contributed by atoms with van der Waals surface area (Å²) in [6, 6.07) is 5.34. The van der Waals surface area contributed by atoms with E-state index in [1.807, 2.05) is 6.07 Å². The van der Waals surface area contributed by atoms with E-state index in [-0.39, 0.29) is 11.7 Å². The van der Waals surface area contributed by atoms with Gasteiger partial charge < -0.3 is 5.32 Å². The molecule has 82 valence electrons. The van der Waals surface area contributed by atoms with Crippen molar-refractivity contribution in [1.29, 1.82) is 0 Å². The number of aromatic amines is 1. The highest BCUT2D eigenvalue weighted by atomic mass is 32.2. The normalized spacial score (nSPS) is 10.0. The fourth-order valence-electron chi connectivity index (χ4n) is 1.01. The molecule has 0 aliphatic heterocycles. The molecule has 16 heavy (non-hydrogen) atoms. The van der Waals surface area contributed by atoms with E-state index in [4.69, 9.17) is 0 Å². The molecule has 0 atom stereocenters. The molecule has 0 aliphatic carbocycles. The average molecular weight is 235 g/mol. The first kappa shape index (κ1) is 10.6. The third kappa shape index (κ3) is 3.06. The van der Waals surface area contributed by atoms with E-state index in [2.05, 4.69) is 25.5 Å². The molecule has 2 heterocycles. The van der Waals surface area contributed by atoms with Gasteiger partial charge in [-0.05, 0) is 12.1 Å². The Bertz CT molecular complexity index is 444. The second kappa shape index (κ2) is 5.26. The lowest BCUT2D eigenvalue weighted by Gasteiger charge is -2.01. The molecule has 0 aromatic carbocycles. The second-order valence-corrected chi connectivity index (χ2v) is 3.81. The maximum atomic E-state index is 11.5. The van der Waals surface area contributed by atoms with Gasteiger partial charge in [-0.25, -0.2) is 9.97 Å². The number of anilines is 1. The number of carbonyl (C=O) groups excluding carboxylic acids is 1. The minimum absolute atomic E-state index is 0.125. The molecule has 1 amide bonds. The monoisotopic (exact) mass is 235 g/mol. The molecule has 0 radical (unpaired) electrons. The molecular weight excluding hydrogens is 226 g/mol. The number of nitrogens with one attached hydrogen (secondary N) is 2. The van der Waals surface area contributed by atoms with Crippen molar-refractivity contribution in [3.63, 3.8) is 0 Å². The number of amides is 1. The zero-order valence-electron chi connectivity index (χ0n) is 8.25. The lowest BCUT2D eigenvalue weighted by atomic mass is 10.4. The average Bonchev–Trinajstić information content (AvgIpc) is 2.81. The molecular formula is C9H9N5OS. The molecule has 2 rings (SSSR count). The van der Waals surface area contributed by atoms with E-state index >= 15 is 0 Å². The number of thioether (sulfide) groups is 1. The fraction of sp³-hybridized carbons (Fsp3) is 0.111. The van der Waals surface area contributed by atoms with Gasteiger partial charge >= 0.3 is 0 Å². The van der Waals surface area contributed by atoms with Gasteiger partial charge in [-0.2, -0.15) is 5.10 Å². The van der Waals surface area contributed by atoms with Crippen molar-refractivity contribution in [2.75, 3.05) is 11.1 Å². The smallest absolute Gasteiger partial charge is 0.236 e. The Morgan fingerprint density at radius 3 is 3.06 bits per heavy atom. The van der Waals surface area contributed by atoms with Gasteiger partial charge in [-0.15, -0.1) is 0 Å². The number of pyridine rings is 1. The van der Waals surface area contributed by atoms with E-state index in [1.165, 1.54) is 18.1 Å². The summed E-state index contributed by atoms with van der Waals surface area (Å²) in [7, 11) is 0. The minimum Gasteiger partial charge on any atom is -0.310 e. The minimum atomic E-state index is -0.125. The van der Waals surface area contributed by atoms with Crippen LogP contribution < -0.4 is 5.32 Å². The van der Waals surface area contributed by atoms with Crippen molar-refractivity contribution in [1.82, 2.24) is 20.2 Å². The summed E-state index contributed by atoms with van der Waals surface area (Å²) in [6.07, 6.45) is 3.03. The summed E-state index contributed by atoms with van der Waals surface area (Å²) < 4.78 is 0. The summed E-state index contributed by atoms with van der Waals surface area (Å²) in [4.78, 5) is 19.4. The third-order valence-corrected chi connectivity index (χ3v) is 2.54. The van der Waals surface area contributed by atoms with Crippen LogP contribution in [-0.2, 0) is 4.79 Å². The topological polar surface area (TPSA) is 83.6 Å². The van der Waals surface area contributed by atoms with E-state index in [0.29, 0.717) is 11.0 Å². The Labute approximate surface area is 95.9 Å². The molecule has 6 nitrogen and oxygen atoms in total. The van der Waals surface area contributed by atoms with Gasteiger partial charge in [0.25, 0.3) is 0 Å². The molecule has 2 N–H and O–H groups in total. The van der Waals surface area contributed by atoms with Crippen molar-refractivity contribution in [3.8, 4) is 0 Å². The predicted octanol–water partition coefficient (Wildman–Crippen LogP) is 0.930. The first-order valence-corrected chi connectivity index (χ1v) is 5.52. The van der Waals surface area contributed by atoms with Crippen molar-refractivity contribution in [3.05, 3.63) is 30.7 Å². The fourth-order valence-corrected chi connectivity index (χ4v) is 1.59. The van der Waals surface area contributed by atoms with Crippen molar-refractivity contribution >= 4 is 23.5 Å². The molecule has 0 saturated heterocycles. The van der Waals surface area contributed by atoms with Crippen LogP contribution in [0.2, 0.25) is 0 Å². The van der Waals surface area contributed by atoms with Gasteiger partial charge in [0.1, 0.15) is 12.1 Å². The highest BCUT2D eigenvalue weighted by Crippen LogP contribution is 2.10. The highest BCUT2D eigenvalue weighted by Gasteiger charge is 2.05. The molecule has 0 aliphatic rings. The number of carbonyl (C=O) groups is 1. The summed E-state index contributed by atoms with van der Waals surface area (Å²) in [5.74, 6) is 0.692. The molecule has 0 fully saturated rings. The van der Waals surface area contributed by atoms with Crippen LogP contribution >= 0.6 is 11.8 Å². The van der Waals surface area contributed by atoms with E-state index in [0.717, 1.165) is 0 Å². The van der Waals surface area contributed by atoms with Gasteiger partial charge in [0.05, 0.1) is 5.75 Å². The van der Waals surface area contributed by atoms with Crippen LogP contribution in [0.5, 0.6) is 0 Å². The summed E-state index contributed by atoms with van der Waals surface area (Å²) >= 11 is 1.29. The second-order valence-electron chi connectivity index (χ2n) is 2.84. The van der Waals surface area contributed by atoms with E-state index in [9.17, 15) is 4.79 Å². The van der Waals surface area contributed by atoms with Crippen LogP contribution in [0.3, 0.4) is 0 Å². The van der Waals surface area contributed by atoms with Crippen LogP contribution in [0, 0.1) is 0 Å². The molecule has 0 spiro atoms. The SMILES string of the molecule is O=C(CSc1ncn[nH]1)Nc1ccccn1. The molecule has 0 bridgehead atoms. The Morgan fingerprint density at radius 2 is 2.38 bits per heavy atom. The first-order chi connectivity index (χ1) is 7.84. The van der Waals surface area contributed by atoms with Crippen molar-refractivity contribution in [2.24, 2.45) is 0 Å². The van der Waals surface area contributed by atoms with Crippen LogP contribution in [0.4, 0.5) is 5.82 Å². The standard InChI is InChI=1S/C9H9N5OS/c15-8(5-16-9-11-6-12-14-9)13-7-3-1-2-4-10-7/h1-4,6H,5H2,(H,10,13,15)(H,11,12,14). The van der Waals surface area contributed by atoms with Crippen molar-refractivity contribution in [2.45, 2.75) is 5.16 Å². The molecule has 7 heteroatoms. The van der Waals surface area contributed by atoms with Gasteiger partial charge in [0.2, 0.25) is 5.91 Å². The third-order valence-electron chi connectivity index (χ3n) is 1.67. The molecule has 2 aromatic heterocycles. The van der Waals surface area contributed by atoms with Gasteiger partial charge in [-0.1, -0.05) is 17.8 Å². The zero-order chi connectivity index (χ0) is 11.2. The van der Waals surface area contributed by atoms with Crippen LogP contribution in [0.1, 0.15) is 0 Å². The number of aromatic nitrogens is 4. The Hall–Kier alpha value is -1.89. The lowest BCUT2D eigenvalue weighted by molar-refractivity contribution is -0.113. The number of hydrogen-bond donors (Lipinski definition) is 2. The van der Waals surface area contributed by atoms with Crippen molar-refractivity contribution < 1.29 is 4.79 Å². The zero-order valence-corrected chi connectivity index (χ0v) is 9.07. The summed E-state index contributed by atoms with van der Waals surface area (Å²) in [5.41, 5.74) is 0. The Morgan fingerprint density at radius 1 is 1.44 bits per heavy atom.